The van der Waals surface area contributed by atoms with E-state index in [0.717, 1.165) is 36.8 Å². The maximum atomic E-state index is 6.29. The summed E-state index contributed by atoms with van der Waals surface area (Å²) in [4.78, 5) is 2.40. The lowest BCUT2D eigenvalue weighted by molar-refractivity contribution is -0.0393. The SMILES string of the molecule is CNCC1CN(C(C)c2ccc(Cl)cc2Cl)CCO1. The highest BCUT2D eigenvalue weighted by Crippen LogP contribution is 2.30. The zero-order valence-corrected chi connectivity index (χ0v) is 12.8. The summed E-state index contributed by atoms with van der Waals surface area (Å²) >= 11 is 12.2. The van der Waals surface area contributed by atoms with Crippen molar-refractivity contribution < 1.29 is 4.74 Å². The molecule has 0 spiro atoms. The highest BCUT2D eigenvalue weighted by molar-refractivity contribution is 6.35. The molecule has 0 aromatic heterocycles. The van der Waals surface area contributed by atoms with E-state index in [-0.39, 0.29) is 12.1 Å². The fourth-order valence-corrected chi connectivity index (χ4v) is 3.05. The molecule has 0 radical (unpaired) electrons. The Morgan fingerprint density at radius 3 is 2.95 bits per heavy atom. The van der Waals surface area contributed by atoms with Gasteiger partial charge in [0.2, 0.25) is 0 Å². The molecule has 5 heteroatoms. The van der Waals surface area contributed by atoms with E-state index in [1.165, 1.54) is 0 Å². The average Bonchev–Trinajstić information content (AvgIpc) is 2.39. The van der Waals surface area contributed by atoms with Gasteiger partial charge in [-0.2, -0.15) is 0 Å². The number of morpholine rings is 1. The first-order chi connectivity index (χ1) is 9.11. The van der Waals surface area contributed by atoms with Crippen molar-refractivity contribution in [1.29, 1.82) is 0 Å². The molecule has 1 N–H and O–H groups in total. The molecule has 3 nitrogen and oxygen atoms in total. The molecule has 0 saturated carbocycles. The molecule has 1 saturated heterocycles. The third kappa shape index (κ3) is 3.83. The quantitative estimate of drug-likeness (QED) is 0.925. The molecule has 1 heterocycles. The highest BCUT2D eigenvalue weighted by Gasteiger charge is 2.25. The van der Waals surface area contributed by atoms with Gasteiger partial charge < -0.3 is 10.1 Å². The van der Waals surface area contributed by atoms with Crippen molar-refractivity contribution in [3.8, 4) is 0 Å². The van der Waals surface area contributed by atoms with Crippen molar-refractivity contribution in [2.45, 2.75) is 19.1 Å². The molecular weight excluding hydrogens is 283 g/mol. The molecule has 1 aromatic carbocycles. The van der Waals surface area contributed by atoms with E-state index >= 15 is 0 Å². The molecule has 2 rings (SSSR count). The Bertz CT molecular complexity index is 426. The van der Waals surface area contributed by atoms with E-state index in [2.05, 4.69) is 17.1 Å². The minimum atomic E-state index is 0.243. The molecule has 1 fully saturated rings. The lowest BCUT2D eigenvalue weighted by atomic mass is 10.1. The normalized spacial score (nSPS) is 22.4. The fraction of sp³-hybridized carbons (Fsp3) is 0.571. The summed E-state index contributed by atoms with van der Waals surface area (Å²) in [6.45, 7) is 5.66. The van der Waals surface area contributed by atoms with Gasteiger partial charge in [-0.05, 0) is 31.7 Å². The number of ether oxygens (including phenoxy) is 1. The Morgan fingerprint density at radius 2 is 2.26 bits per heavy atom. The first-order valence-electron chi connectivity index (χ1n) is 6.57. The second-order valence-electron chi connectivity index (χ2n) is 4.89. The summed E-state index contributed by atoms with van der Waals surface area (Å²) in [6, 6.07) is 5.98. The number of halogens is 2. The van der Waals surface area contributed by atoms with Crippen LogP contribution in [0.5, 0.6) is 0 Å². The van der Waals surface area contributed by atoms with Crippen LogP contribution in [-0.2, 0) is 4.74 Å². The number of hydrogen-bond donors (Lipinski definition) is 1. The largest absolute Gasteiger partial charge is 0.374 e. The lowest BCUT2D eigenvalue weighted by Crippen LogP contribution is -2.46. The summed E-state index contributed by atoms with van der Waals surface area (Å²) < 4.78 is 5.73. The van der Waals surface area contributed by atoms with Crippen LogP contribution >= 0.6 is 23.2 Å². The molecule has 2 atom stereocenters. The van der Waals surface area contributed by atoms with Crippen molar-refractivity contribution in [3.05, 3.63) is 33.8 Å². The van der Waals surface area contributed by atoms with Gasteiger partial charge >= 0.3 is 0 Å². The van der Waals surface area contributed by atoms with Crippen LogP contribution in [0.25, 0.3) is 0 Å². The molecule has 0 bridgehead atoms. The predicted molar refractivity (Wildman–Crippen MR) is 80.1 cm³/mol. The van der Waals surface area contributed by atoms with Gasteiger partial charge in [0.25, 0.3) is 0 Å². The van der Waals surface area contributed by atoms with E-state index < -0.39 is 0 Å². The van der Waals surface area contributed by atoms with Gasteiger partial charge in [0.05, 0.1) is 12.7 Å². The van der Waals surface area contributed by atoms with Crippen molar-refractivity contribution in [2.75, 3.05) is 33.3 Å². The van der Waals surface area contributed by atoms with Gasteiger partial charge in [0, 0.05) is 35.7 Å². The van der Waals surface area contributed by atoms with Crippen LogP contribution in [0.1, 0.15) is 18.5 Å². The number of likely N-dealkylation sites (N-methyl/N-ethyl adjacent to an activating group) is 1. The minimum Gasteiger partial charge on any atom is -0.374 e. The van der Waals surface area contributed by atoms with Crippen LogP contribution in [0.4, 0.5) is 0 Å². The van der Waals surface area contributed by atoms with Crippen LogP contribution in [-0.4, -0.2) is 44.3 Å². The third-order valence-corrected chi connectivity index (χ3v) is 4.12. The molecular formula is C14H20Cl2N2O. The smallest absolute Gasteiger partial charge is 0.0826 e. The molecule has 106 valence electrons. The van der Waals surface area contributed by atoms with Crippen molar-refractivity contribution in [2.24, 2.45) is 0 Å². The summed E-state index contributed by atoms with van der Waals surface area (Å²) in [7, 11) is 1.95. The van der Waals surface area contributed by atoms with Gasteiger partial charge in [-0.15, -0.1) is 0 Å². The van der Waals surface area contributed by atoms with Crippen LogP contribution < -0.4 is 5.32 Å². The Hall–Kier alpha value is -0.320. The second-order valence-corrected chi connectivity index (χ2v) is 5.73. The predicted octanol–water partition coefficient (Wildman–Crippen LogP) is 2.97. The van der Waals surface area contributed by atoms with E-state index in [1.54, 1.807) is 6.07 Å². The Labute approximate surface area is 124 Å². The fourth-order valence-electron chi connectivity index (χ4n) is 2.48. The molecule has 1 aliphatic heterocycles. The molecule has 1 aliphatic rings. The summed E-state index contributed by atoms with van der Waals surface area (Å²) in [5.74, 6) is 0. The maximum Gasteiger partial charge on any atom is 0.0826 e. The average molecular weight is 303 g/mol. The molecule has 2 unspecified atom stereocenters. The highest BCUT2D eigenvalue weighted by atomic mass is 35.5. The topological polar surface area (TPSA) is 24.5 Å². The van der Waals surface area contributed by atoms with Gasteiger partial charge in [0.15, 0.2) is 0 Å². The summed E-state index contributed by atoms with van der Waals surface area (Å²) in [6.07, 6.45) is 0.243. The maximum absolute atomic E-state index is 6.29. The van der Waals surface area contributed by atoms with Gasteiger partial charge in [-0.1, -0.05) is 29.3 Å². The van der Waals surface area contributed by atoms with Crippen LogP contribution in [0.15, 0.2) is 18.2 Å². The van der Waals surface area contributed by atoms with Crippen LogP contribution in [0, 0.1) is 0 Å². The Kier molecular flexibility index (Phi) is 5.48. The van der Waals surface area contributed by atoms with Gasteiger partial charge in [-0.3, -0.25) is 4.90 Å². The molecule has 19 heavy (non-hydrogen) atoms. The Morgan fingerprint density at radius 1 is 1.47 bits per heavy atom. The number of hydrogen-bond acceptors (Lipinski definition) is 3. The third-order valence-electron chi connectivity index (χ3n) is 3.56. The van der Waals surface area contributed by atoms with Crippen molar-refractivity contribution in [3.63, 3.8) is 0 Å². The van der Waals surface area contributed by atoms with E-state index in [0.29, 0.717) is 5.02 Å². The zero-order valence-electron chi connectivity index (χ0n) is 11.3. The summed E-state index contributed by atoms with van der Waals surface area (Å²) in [5.41, 5.74) is 1.12. The molecule has 1 aromatic rings. The number of nitrogens with zero attached hydrogens (tertiary/aromatic N) is 1. The number of rotatable bonds is 4. The van der Waals surface area contributed by atoms with Gasteiger partial charge in [-0.25, -0.2) is 0 Å². The van der Waals surface area contributed by atoms with Crippen molar-refractivity contribution >= 4 is 23.2 Å². The van der Waals surface area contributed by atoms with Gasteiger partial charge in [0.1, 0.15) is 0 Å². The Balaban J connectivity index is 2.07. The second kappa shape index (κ2) is 6.91. The first-order valence-corrected chi connectivity index (χ1v) is 7.32. The lowest BCUT2D eigenvalue weighted by Gasteiger charge is -2.37. The molecule has 0 aliphatic carbocycles. The standard InChI is InChI=1S/C14H20Cl2N2O/c1-10(13-4-3-11(15)7-14(13)16)18-5-6-19-12(9-18)8-17-2/h3-4,7,10,12,17H,5-6,8-9H2,1-2H3. The van der Waals surface area contributed by atoms with Crippen LogP contribution in [0.2, 0.25) is 10.0 Å². The van der Waals surface area contributed by atoms with Crippen molar-refractivity contribution in [1.82, 2.24) is 10.2 Å². The minimum absolute atomic E-state index is 0.243. The van der Waals surface area contributed by atoms with E-state index in [4.69, 9.17) is 27.9 Å². The monoisotopic (exact) mass is 302 g/mol. The van der Waals surface area contributed by atoms with E-state index in [1.807, 2.05) is 19.2 Å². The summed E-state index contributed by atoms with van der Waals surface area (Å²) in [5, 5.41) is 4.57. The van der Waals surface area contributed by atoms with E-state index in [9.17, 15) is 0 Å². The first kappa shape index (κ1) is 15.1. The number of nitrogens with one attached hydrogen (secondary N) is 1. The number of benzene rings is 1. The molecule has 0 amide bonds. The zero-order chi connectivity index (χ0) is 13.8. The van der Waals surface area contributed by atoms with Crippen LogP contribution in [0.3, 0.4) is 0 Å².